The molecule has 2 N–H and O–H groups in total. The Balaban J connectivity index is 2.02. The maximum atomic E-state index is 13.5. The summed E-state index contributed by atoms with van der Waals surface area (Å²) in [6, 6.07) is 3.56. The van der Waals surface area contributed by atoms with Crippen molar-refractivity contribution in [3.8, 4) is 0 Å². The first-order valence-electron chi connectivity index (χ1n) is 6.54. The number of carbonyl (C=O) groups is 1. The highest BCUT2D eigenvalue weighted by molar-refractivity contribution is 5.94. The zero-order valence-electron chi connectivity index (χ0n) is 11.3. The van der Waals surface area contributed by atoms with Gasteiger partial charge in [0.15, 0.2) is 11.6 Å². The van der Waals surface area contributed by atoms with E-state index in [4.69, 9.17) is 4.74 Å². The number of hydrogen-bond acceptors (Lipinski definition) is 3. The number of nitrogens with one attached hydrogen (secondary N) is 2. The first kappa shape index (κ1) is 14.9. The van der Waals surface area contributed by atoms with Crippen molar-refractivity contribution in [3.05, 3.63) is 35.4 Å². The van der Waals surface area contributed by atoms with Crippen molar-refractivity contribution in [2.75, 3.05) is 26.8 Å². The molecule has 0 bridgehead atoms. The summed E-state index contributed by atoms with van der Waals surface area (Å²) in [6.07, 6.45) is 1.86. The largest absolute Gasteiger partial charge is 0.383 e. The van der Waals surface area contributed by atoms with E-state index in [-0.39, 0.29) is 11.1 Å². The fourth-order valence-corrected chi connectivity index (χ4v) is 2.49. The number of hydrogen-bond donors (Lipinski definition) is 2. The number of ether oxygens (including phenoxy) is 1. The van der Waals surface area contributed by atoms with Crippen molar-refractivity contribution < 1.29 is 18.3 Å². The third-order valence-electron chi connectivity index (χ3n) is 3.54. The van der Waals surface area contributed by atoms with Crippen molar-refractivity contribution in [2.24, 2.45) is 0 Å². The summed E-state index contributed by atoms with van der Waals surface area (Å²) in [6.45, 7) is 1.63. The van der Waals surface area contributed by atoms with Crippen molar-refractivity contribution in [3.63, 3.8) is 0 Å². The van der Waals surface area contributed by atoms with E-state index in [1.54, 1.807) is 7.11 Å². The first-order chi connectivity index (χ1) is 9.58. The quantitative estimate of drug-likeness (QED) is 0.861. The molecule has 1 aromatic carbocycles. The highest BCUT2D eigenvalue weighted by Crippen LogP contribution is 2.19. The number of methoxy groups -OCH3 is 1. The standard InChI is InChI=1S/C14H18F2N2O2/c1-20-9-14(6-3-7-18-14)8-17-13(19)10-4-2-5-11(15)12(10)16/h2,4-5,18H,3,6-9H2,1H3,(H,17,19). The van der Waals surface area contributed by atoms with Crippen LogP contribution >= 0.6 is 0 Å². The number of amides is 1. The van der Waals surface area contributed by atoms with Crippen molar-refractivity contribution >= 4 is 5.91 Å². The molecule has 20 heavy (non-hydrogen) atoms. The van der Waals surface area contributed by atoms with E-state index in [0.29, 0.717) is 13.2 Å². The van der Waals surface area contributed by atoms with Gasteiger partial charge in [-0.3, -0.25) is 4.79 Å². The summed E-state index contributed by atoms with van der Waals surface area (Å²) in [4.78, 5) is 11.9. The van der Waals surface area contributed by atoms with Crippen molar-refractivity contribution in [1.82, 2.24) is 10.6 Å². The van der Waals surface area contributed by atoms with E-state index < -0.39 is 17.5 Å². The lowest BCUT2D eigenvalue weighted by atomic mass is 9.98. The average molecular weight is 284 g/mol. The minimum atomic E-state index is -1.12. The summed E-state index contributed by atoms with van der Waals surface area (Å²) in [5, 5.41) is 5.94. The first-order valence-corrected chi connectivity index (χ1v) is 6.54. The summed E-state index contributed by atoms with van der Waals surface area (Å²) < 4.78 is 31.8. The number of benzene rings is 1. The van der Waals surface area contributed by atoms with Gasteiger partial charge in [0.2, 0.25) is 0 Å². The molecule has 0 radical (unpaired) electrons. The predicted octanol–water partition coefficient (Wildman–Crippen LogP) is 1.46. The van der Waals surface area contributed by atoms with Crippen LogP contribution in [0.25, 0.3) is 0 Å². The Labute approximate surface area is 116 Å². The van der Waals surface area contributed by atoms with E-state index in [0.717, 1.165) is 25.5 Å². The molecule has 110 valence electrons. The van der Waals surface area contributed by atoms with Crippen LogP contribution in [0.15, 0.2) is 18.2 Å². The second-order valence-corrected chi connectivity index (χ2v) is 5.03. The van der Waals surface area contributed by atoms with Gasteiger partial charge < -0.3 is 15.4 Å². The van der Waals surface area contributed by atoms with Gasteiger partial charge in [-0.15, -0.1) is 0 Å². The van der Waals surface area contributed by atoms with Gasteiger partial charge in [0, 0.05) is 13.7 Å². The Bertz CT molecular complexity index is 488. The molecular weight excluding hydrogens is 266 g/mol. The van der Waals surface area contributed by atoms with E-state index in [1.807, 2.05) is 0 Å². The Kier molecular flexibility index (Phi) is 4.67. The van der Waals surface area contributed by atoms with Gasteiger partial charge in [-0.1, -0.05) is 6.07 Å². The maximum Gasteiger partial charge on any atom is 0.254 e. The molecule has 1 fully saturated rings. The smallest absolute Gasteiger partial charge is 0.254 e. The molecule has 4 nitrogen and oxygen atoms in total. The van der Waals surface area contributed by atoms with Crippen LogP contribution in [0, 0.1) is 11.6 Å². The van der Waals surface area contributed by atoms with Gasteiger partial charge >= 0.3 is 0 Å². The lowest BCUT2D eigenvalue weighted by Crippen LogP contribution is -2.53. The second kappa shape index (κ2) is 6.28. The molecule has 6 heteroatoms. The fraction of sp³-hybridized carbons (Fsp3) is 0.500. The molecule has 1 saturated heterocycles. The molecule has 0 aliphatic carbocycles. The average Bonchev–Trinajstić information content (AvgIpc) is 2.89. The summed E-state index contributed by atoms with van der Waals surface area (Å²) in [7, 11) is 1.59. The molecule has 1 aliphatic rings. The minimum absolute atomic E-state index is 0.282. The van der Waals surface area contributed by atoms with Gasteiger partial charge in [-0.25, -0.2) is 8.78 Å². The molecule has 1 aromatic rings. The molecule has 2 rings (SSSR count). The van der Waals surface area contributed by atoms with Crippen LogP contribution in [0.3, 0.4) is 0 Å². The van der Waals surface area contributed by atoms with Gasteiger partial charge in [0.25, 0.3) is 5.91 Å². The molecule has 1 amide bonds. The van der Waals surface area contributed by atoms with Gasteiger partial charge in [-0.05, 0) is 31.5 Å². The summed E-state index contributed by atoms with van der Waals surface area (Å²) in [5.74, 6) is -2.76. The third-order valence-corrected chi connectivity index (χ3v) is 3.54. The molecule has 1 aliphatic heterocycles. The van der Waals surface area contributed by atoms with Crippen LogP contribution < -0.4 is 10.6 Å². The monoisotopic (exact) mass is 284 g/mol. The van der Waals surface area contributed by atoms with Crippen molar-refractivity contribution in [2.45, 2.75) is 18.4 Å². The number of carbonyl (C=O) groups excluding carboxylic acids is 1. The van der Waals surface area contributed by atoms with E-state index in [9.17, 15) is 13.6 Å². The SMILES string of the molecule is COCC1(CNC(=O)c2cccc(F)c2F)CCCN1. The molecular formula is C14H18F2N2O2. The predicted molar refractivity (Wildman–Crippen MR) is 70.5 cm³/mol. The summed E-state index contributed by atoms with van der Waals surface area (Å²) in [5.41, 5.74) is -0.607. The van der Waals surface area contributed by atoms with Crippen LogP contribution in [0.4, 0.5) is 8.78 Å². The van der Waals surface area contributed by atoms with Crippen LogP contribution in [0.1, 0.15) is 23.2 Å². The van der Waals surface area contributed by atoms with Crippen LogP contribution in [0.2, 0.25) is 0 Å². The zero-order valence-corrected chi connectivity index (χ0v) is 11.3. The lowest BCUT2D eigenvalue weighted by molar-refractivity contribution is 0.0887. The summed E-state index contributed by atoms with van der Waals surface area (Å²) >= 11 is 0. The van der Waals surface area contributed by atoms with E-state index in [1.165, 1.54) is 12.1 Å². The highest BCUT2D eigenvalue weighted by atomic mass is 19.2. The van der Waals surface area contributed by atoms with Crippen LogP contribution in [-0.2, 0) is 4.74 Å². The minimum Gasteiger partial charge on any atom is -0.383 e. The number of rotatable bonds is 5. The van der Waals surface area contributed by atoms with Gasteiger partial charge in [0.1, 0.15) is 0 Å². The van der Waals surface area contributed by atoms with E-state index >= 15 is 0 Å². The molecule has 1 atom stereocenters. The second-order valence-electron chi connectivity index (χ2n) is 5.03. The molecule has 1 heterocycles. The van der Waals surface area contributed by atoms with E-state index in [2.05, 4.69) is 10.6 Å². The third kappa shape index (κ3) is 3.13. The molecule has 0 spiro atoms. The lowest BCUT2D eigenvalue weighted by Gasteiger charge is -2.29. The normalized spacial score (nSPS) is 21.9. The Morgan fingerprint density at radius 3 is 2.95 bits per heavy atom. The molecule has 1 unspecified atom stereocenters. The molecule has 0 saturated carbocycles. The number of halogens is 2. The van der Waals surface area contributed by atoms with Crippen LogP contribution in [-0.4, -0.2) is 38.3 Å². The maximum absolute atomic E-state index is 13.5. The zero-order chi connectivity index (χ0) is 14.6. The van der Waals surface area contributed by atoms with Crippen molar-refractivity contribution in [1.29, 1.82) is 0 Å². The Hall–Kier alpha value is -1.53. The Morgan fingerprint density at radius 2 is 2.30 bits per heavy atom. The fourth-order valence-electron chi connectivity index (χ4n) is 2.49. The molecule has 0 aromatic heterocycles. The topological polar surface area (TPSA) is 50.4 Å². The van der Waals surface area contributed by atoms with Gasteiger partial charge in [0.05, 0.1) is 17.7 Å². The van der Waals surface area contributed by atoms with Crippen LogP contribution in [0.5, 0.6) is 0 Å². The van der Waals surface area contributed by atoms with Gasteiger partial charge in [-0.2, -0.15) is 0 Å². The Morgan fingerprint density at radius 1 is 1.50 bits per heavy atom. The highest BCUT2D eigenvalue weighted by Gasteiger charge is 2.34.